The fourth-order valence-electron chi connectivity index (χ4n) is 2.17. The molecule has 0 aliphatic carbocycles. The van der Waals surface area contributed by atoms with Crippen LogP contribution in [0.1, 0.15) is 12.5 Å². The second-order valence-electron chi connectivity index (χ2n) is 5.47. The second kappa shape index (κ2) is 8.80. The highest BCUT2D eigenvalue weighted by atomic mass is 32.2. The van der Waals surface area contributed by atoms with E-state index in [1.807, 2.05) is 49.2 Å². The summed E-state index contributed by atoms with van der Waals surface area (Å²) in [6, 6.07) is 16.0. The van der Waals surface area contributed by atoms with Crippen LogP contribution in [0.25, 0.3) is 0 Å². The Morgan fingerprint density at radius 3 is 2.33 bits per heavy atom. The number of carbonyl (C=O) groups excluding carboxylic acids is 1. The first-order valence-corrected chi connectivity index (χ1v) is 8.43. The number of thioether (sulfide) groups is 1. The Kier molecular flexibility index (Phi) is 6.75. The fourth-order valence-corrected chi connectivity index (χ4v) is 2.67. The van der Waals surface area contributed by atoms with Gasteiger partial charge in [0.15, 0.2) is 0 Å². The molecule has 0 radical (unpaired) electrons. The van der Waals surface area contributed by atoms with Gasteiger partial charge in [-0.1, -0.05) is 42.1 Å². The molecule has 0 spiro atoms. The van der Waals surface area contributed by atoms with Crippen molar-refractivity contribution in [1.82, 2.24) is 4.90 Å². The van der Waals surface area contributed by atoms with Crippen molar-refractivity contribution in [2.45, 2.75) is 30.2 Å². The largest absolute Gasteiger partial charge is 0.325 e. The lowest BCUT2D eigenvalue weighted by molar-refractivity contribution is -0.120. The van der Waals surface area contributed by atoms with E-state index in [1.54, 1.807) is 24.3 Å². The number of nitrogens with one attached hydrogen (secondary N) is 1. The van der Waals surface area contributed by atoms with Crippen LogP contribution < -0.4 is 5.32 Å². The monoisotopic (exact) mass is 350 g/mol. The molecular weight excluding hydrogens is 330 g/mol. The molecule has 3 nitrogen and oxygen atoms in total. The Morgan fingerprint density at radius 1 is 1.12 bits per heavy atom. The van der Waals surface area contributed by atoms with E-state index in [1.165, 1.54) is 0 Å². The van der Waals surface area contributed by atoms with Gasteiger partial charge in [0.05, 0.1) is 6.04 Å². The molecule has 0 bridgehead atoms. The third-order valence-electron chi connectivity index (χ3n) is 3.66. The van der Waals surface area contributed by atoms with Crippen molar-refractivity contribution in [3.8, 4) is 0 Å². The molecule has 2 aromatic carbocycles. The van der Waals surface area contributed by atoms with Gasteiger partial charge in [-0.25, -0.2) is 0 Å². The molecule has 2 rings (SSSR count). The summed E-state index contributed by atoms with van der Waals surface area (Å²) in [5.74, 6) is -2.58. The first kappa shape index (κ1) is 18.4. The zero-order valence-electron chi connectivity index (χ0n) is 13.6. The number of benzene rings is 2. The van der Waals surface area contributed by atoms with E-state index < -0.39 is 5.76 Å². The van der Waals surface area contributed by atoms with Gasteiger partial charge in [0.25, 0.3) is 5.76 Å². The molecule has 128 valence electrons. The Balaban J connectivity index is 1.91. The first-order chi connectivity index (χ1) is 11.5. The Morgan fingerprint density at radius 2 is 1.75 bits per heavy atom. The van der Waals surface area contributed by atoms with E-state index in [0.29, 0.717) is 28.9 Å². The number of nitrogens with zero attached hydrogens (tertiary/aromatic N) is 1. The maximum atomic E-state index is 12.3. The smallest absolute Gasteiger partial charge is 0.288 e. The quantitative estimate of drug-likeness (QED) is 0.748. The average molecular weight is 350 g/mol. The van der Waals surface area contributed by atoms with Gasteiger partial charge < -0.3 is 5.32 Å². The molecule has 1 amide bonds. The SMILES string of the molecule is C[C@@H](C(=O)Nc1ccc(SC(F)F)cc1)N(C)Cc1ccccc1. The van der Waals surface area contributed by atoms with Crippen LogP contribution in [0, 0.1) is 0 Å². The first-order valence-electron chi connectivity index (χ1n) is 7.55. The summed E-state index contributed by atoms with van der Waals surface area (Å²) in [6.07, 6.45) is 0. The van der Waals surface area contributed by atoms with Crippen LogP contribution in [0.15, 0.2) is 59.5 Å². The van der Waals surface area contributed by atoms with Crippen LogP contribution in [-0.2, 0) is 11.3 Å². The van der Waals surface area contributed by atoms with Gasteiger partial charge in [-0.15, -0.1) is 0 Å². The van der Waals surface area contributed by atoms with Gasteiger partial charge in [-0.2, -0.15) is 8.78 Å². The Labute approximate surface area is 145 Å². The van der Waals surface area contributed by atoms with Gasteiger partial charge in [0, 0.05) is 17.1 Å². The second-order valence-corrected chi connectivity index (χ2v) is 6.53. The molecule has 2 aromatic rings. The van der Waals surface area contributed by atoms with Crippen molar-refractivity contribution in [3.63, 3.8) is 0 Å². The van der Waals surface area contributed by atoms with Gasteiger partial charge in [0.1, 0.15) is 0 Å². The highest BCUT2D eigenvalue weighted by Gasteiger charge is 2.18. The summed E-state index contributed by atoms with van der Waals surface area (Å²) in [5.41, 5.74) is 1.73. The highest BCUT2D eigenvalue weighted by Crippen LogP contribution is 2.26. The fraction of sp³-hybridized carbons (Fsp3) is 0.278. The molecular formula is C18H20F2N2OS. The predicted octanol–water partition coefficient (Wildman–Crippen LogP) is 4.46. The number of halogens is 2. The number of hydrogen-bond donors (Lipinski definition) is 1. The van der Waals surface area contributed by atoms with E-state index in [0.717, 1.165) is 5.56 Å². The van der Waals surface area contributed by atoms with Gasteiger partial charge >= 0.3 is 0 Å². The number of carbonyl (C=O) groups is 1. The van der Waals surface area contributed by atoms with E-state index in [2.05, 4.69) is 5.32 Å². The lowest BCUT2D eigenvalue weighted by atomic mass is 10.2. The maximum absolute atomic E-state index is 12.3. The maximum Gasteiger partial charge on any atom is 0.288 e. The molecule has 0 aliphatic rings. The van der Waals surface area contributed by atoms with Crippen molar-refractivity contribution in [3.05, 3.63) is 60.2 Å². The third-order valence-corrected chi connectivity index (χ3v) is 4.38. The molecule has 0 saturated carbocycles. The number of alkyl halides is 2. The van der Waals surface area contributed by atoms with Crippen LogP contribution in [0.3, 0.4) is 0 Å². The highest BCUT2D eigenvalue weighted by molar-refractivity contribution is 7.99. The summed E-state index contributed by atoms with van der Waals surface area (Å²) < 4.78 is 24.6. The van der Waals surface area contributed by atoms with E-state index in [-0.39, 0.29) is 11.9 Å². The number of amides is 1. The topological polar surface area (TPSA) is 32.3 Å². The number of anilines is 1. The van der Waals surface area contributed by atoms with Gasteiger partial charge in [0.2, 0.25) is 5.91 Å². The molecule has 1 N–H and O–H groups in total. The van der Waals surface area contributed by atoms with Crippen LogP contribution in [0.2, 0.25) is 0 Å². The minimum atomic E-state index is -2.45. The van der Waals surface area contributed by atoms with Gasteiger partial charge in [-0.05, 0) is 43.8 Å². The standard InChI is InChI=1S/C18H20F2N2OS/c1-13(22(2)12-14-6-4-3-5-7-14)17(23)21-15-8-10-16(11-9-15)24-18(19)20/h3-11,13,18H,12H2,1-2H3,(H,21,23)/t13-/m0/s1. The summed E-state index contributed by atoms with van der Waals surface area (Å²) in [5, 5.41) is 2.81. The van der Waals surface area contributed by atoms with E-state index in [4.69, 9.17) is 0 Å². The van der Waals surface area contributed by atoms with Crippen LogP contribution in [-0.4, -0.2) is 29.7 Å². The molecule has 0 aliphatic heterocycles. The summed E-state index contributed by atoms with van der Waals surface area (Å²) in [7, 11) is 1.89. The van der Waals surface area contributed by atoms with Crippen molar-refractivity contribution in [2.24, 2.45) is 0 Å². The Hall–Kier alpha value is -1.92. The molecule has 1 atom stereocenters. The zero-order valence-corrected chi connectivity index (χ0v) is 14.4. The zero-order chi connectivity index (χ0) is 17.5. The molecule has 0 saturated heterocycles. The lowest BCUT2D eigenvalue weighted by Gasteiger charge is -2.24. The molecule has 0 aromatic heterocycles. The molecule has 0 heterocycles. The normalized spacial score (nSPS) is 12.4. The van der Waals surface area contributed by atoms with Crippen LogP contribution in [0.5, 0.6) is 0 Å². The average Bonchev–Trinajstić information content (AvgIpc) is 2.56. The van der Waals surface area contributed by atoms with Crippen molar-refractivity contribution in [1.29, 1.82) is 0 Å². The summed E-state index contributed by atoms with van der Waals surface area (Å²) in [4.78, 5) is 14.7. The number of hydrogen-bond acceptors (Lipinski definition) is 3. The number of likely N-dealkylation sites (N-methyl/N-ethyl adjacent to an activating group) is 1. The van der Waals surface area contributed by atoms with E-state index in [9.17, 15) is 13.6 Å². The van der Waals surface area contributed by atoms with Crippen LogP contribution in [0.4, 0.5) is 14.5 Å². The predicted molar refractivity (Wildman–Crippen MR) is 94.3 cm³/mol. The Bertz CT molecular complexity index is 650. The third kappa shape index (κ3) is 5.62. The van der Waals surface area contributed by atoms with Crippen molar-refractivity contribution in [2.75, 3.05) is 12.4 Å². The number of rotatable bonds is 7. The van der Waals surface area contributed by atoms with E-state index >= 15 is 0 Å². The molecule has 0 unspecified atom stereocenters. The minimum Gasteiger partial charge on any atom is -0.325 e. The summed E-state index contributed by atoms with van der Waals surface area (Å²) >= 11 is 0.484. The van der Waals surface area contributed by atoms with Crippen molar-refractivity contribution >= 4 is 23.4 Å². The van der Waals surface area contributed by atoms with Crippen molar-refractivity contribution < 1.29 is 13.6 Å². The summed E-state index contributed by atoms with van der Waals surface area (Å²) in [6.45, 7) is 2.50. The molecule has 24 heavy (non-hydrogen) atoms. The molecule has 0 fully saturated rings. The van der Waals surface area contributed by atoms with Crippen LogP contribution >= 0.6 is 11.8 Å². The van der Waals surface area contributed by atoms with Gasteiger partial charge in [-0.3, -0.25) is 9.69 Å². The minimum absolute atomic E-state index is 0.136. The molecule has 6 heteroatoms. The lowest BCUT2D eigenvalue weighted by Crippen LogP contribution is -2.39.